The molecule has 1 saturated heterocycles. The highest BCUT2D eigenvalue weighted by Gasteiger charge is 2.21. The second kappa shape index (κ2) is 7.78. The lowest BCUT2D eigenvalue weighted by Gasteiger charge is -2.29. The molecule has 28 heavy (non-hydrogen) atoms. The number of nitrogens with one attached hydrogen (secondary N) is 1. The number of rotatable bonds is 5. The van der Waals surface area contributed by atoms with Gasteiger partial charge in [0.25, 0.3) is 0 Å². The van der Waals surface area contributed by atoms with Gasteiger partial charge in [-0.1, -0.05) is 24.3 Å². The number of benzene rings is 2. The van der Waals surface area contributed by atoms with Gasteiger partial charge < -0.3 is 9.64 Å². The summed E-state index contributed by atoms with van der Waals surface area (Å²) in [6.45, 7) is 2.46. The minimum atomic E-state index is -4.02. The molecular formula is C19H19FN4O3S. The predicted octanol–water partition coefficient (Wildman–Crippen LogP) is 2.08. The van der Waals surface area contributed by atoms with E-state index in [4.69, 9.17) is 4.74 Å². The molecule has 1 aromatic heterocycles. The minimum Gasteiger partial charge on any atom is -0.378 e. The number of anilines is 1. The Morgan fingerprint density at radius 2 is 1.75 bits per heavy atom. The van der Waals surface area contributed by atoms with Crippen molar-refractivity contribution in [2.24, 2.45) is 0 Å². The van der Waals surface area contributed by atoms with E-state index in [0.29, 0.717) is 32.1 Å². The molecule has 1 aliphatic rings. The molecule has 2 aromatic carbocycles. The van der Waals surface area contributed by atoms with Crippen LogP contribution in [0.3, 0.4) is 0 Å². The van der Waals surface area contributed by atoms with E-state index in [1.54, 1.807) is 0 Å². The Hall–Kier alpha value is -2.62. The lowest BCUT2D eigenvalue weighted by atomic mass is 10.2. The third-order valence-electron chi connectivity index (χ3n) is 4.49. The fourth-order valence-corrected chi connectivity index (χ4v) is 4.16. The van der Waals surface area contributed by atoms with Crippen molar-refractivity contribution in [1.82, 2.24) is 14.7 Å². The topological polar surface area (TPSA) is 84.4 Å². The number of nitrogens with zero attached hydrogens (tertiary/aromatic N) is 3. The molecule has 146 valence electrons. The molecule has 1 N–H and O–H groups in total. The van der Waals surface area contributed by atoms with Gasteiger partial charge in [-0.3, -0.25) is 0 Å². The van der Waals surface area contributed by atoms with Gasteiger partial charge in [-0.25, -0.2) is 27.5 Å². The molecule has 1 aliphatic heterocycles. The van der Waals surface area contributed by atoms with Gasteiger partial charge in [0.2, 0.25) is 10.0 Å². The number of aromatic nitrogens is 2. The molecule has 0 spiro atoms. The van der Waals surface area contributed by atoms with Crippen LogP contribution in [-0.2, 0) is 21.3 Å². The van der Waals surface area contributed by atoms with E-state index >= 15 is 0 Å². The molecule has 0 aliphatic carbocycles. The highest BCUT2D eigenvalue weighted by Crippen LogP contribution is 2.24. The van der Waals surface area contributed by atoms with Crippen LogP contribution in [0.25, 0.3) is 10.9 Å². The molecule has 1 fully saturated rings. The lowest BCUT2D eigenvalue weighted by Crippen LogP contribution is -2.37. The van der Waals surface area contributed by atoms with Gasteiger partial charge in [-0.2, -0.15) is 0 Å². The molecule has 0 amide bonds. The standard InChI is InChI=1S/C19H19FN4O3S/c20-15-6-2-4-8-17(15)28(25,26)21-13-18-22-16-7-3-1-5-14(16)19(23-18)24-9-11-27-12-10-24/h1-8,21H,9-13H2. The van der Waals surface area contributed by atoms with E-state index < -0.39 is 20.7 Å². The second-order valence-electron chi connectivity index (χ2n) is 6.33. The first-order valence-electron chi connectivity index (χ1n) is 8.87. The average Bonchev–Trinajstić information content (AvgIpc) is 2.72. The number of ether oxygens (including phenoxy) is 1. The third kappa shape index (κ3) is 3.82. The third-order valence-corrected chi connectivity index (χ3v) is 5.92. The van der Waals surface area contributed by atoms with Crippen molar-refractivity contribution in [3.05, 3.63) is 60.2 Å². The zero-order chi connectivity index (χ0) is 19.6. The molecule has 2 heterocycles. The molecule has 0 radical (unpaired) electrons. The number of fused-ring (bicyclic) bond motifs is 1. The largest absolute Gasteiger partial charge is 0.378 e. The zero-order valence-electron chi connectivity index (χ0n) is 15.0. The second-order valence-corrected chi connectivity index (χ2v) is 8.07. The van der Waals surface area contributed by atoms with Crippen molar-refractivity contribution < 1.29 is 17.5 Å². The van der Waals surface area contributed by atoms with Gasteiger partial charge in [0.05, 0.1) is 25.3 Å². The first-order valence-corrected chi connectivity index (χ1v) is 10.4. The van der Waals surface area contributed by atoms with Crippen LogP contribution < -0.4 is 9.62 Å². The smallest absolute Gasteiger partial charge is 0.243 e. The van der Waals surface area contributed by atoms with Gasteiger partial charge in [-0.05, 0) is 24.3 Å². The first kappa shape index (κ1) is 18.7. The van der Waals surface area contributed by atoms with Crippen LogP contribution >= 0.6 is 0 Å². The number of morpholine rings is 1. The van der Waals surface area contributed by atoms with Crippen LogP contribution in [0.1, 0.15) is 5.82 Å². The molecule has 0 unspecified atom stereocenters. The zero-order valence-corrected chi connectivity index (χ0v) is 15.8. The summed E-state index contributed by atoms with van der Waals surface area (Å²) in [4.78, 5) is 10.7. The summed E-state index contributed by atoms with van der Waals surface area (Å²) in [6.07, 6.45) is 0. The Labute approximate surface area is 162 Å². The number of sulfonamides is 1. The number of para-hydroxylation sites is 1. The molecule has 0 bridgehead atoms. The van der Waals surface area contributed by atoms with E-state index in [1.165, 1.54) is 18.2 Å². The van der Waals surface area contributed by atoms with Crippen molar-refractivity contribution in [3.8, 4) is 0 Å². The van der Waals surface area contributed by atoms with E-state index in [1.807, 2.05) is 24.3 Å². The summed E-state index contributed by atoms with van der Waals surface area (Å²) in [7, 11) is -4.02. The van der Waals surface area contributed by atoms with E-state index in [-0.39, 0.29) is 6.54 Å². The summed E-state index contributed by atoms with van der Waals surface area (Å²) in [6, 6.07) is 12.8. The molecule has 7 nitrogen and oxygen atoms in total. The predicted molar refractivity (Wildman–Crippen MR) is 103 cm³/mol. The van der Waals surface area contributed by atoms with Gasteiger partial charge >= 0.3 is 0 Å². The SMILES string of the molecule is O=S(=O)(NCc1nc(N2CCOCC2)c2ccccc2n1)c1ccccc1F. The summed E-state index contributed by atoms with van der Waals surface area (Å²) < 4.78 is 46.5. The molecule has 0 saturated carbocycles. The van der Waals surface area contributed by atoms with E-state index in [9.17, 15) is 12.8 Å². The molecule has 0 atom stereocenters. The maximum atomic E-state index is 13.9. The molecule has 9 heteroatoms. The fourth-order valence-electron chi connectivity index (χ4n) is 3.10. The normalized spacial score (nSPS) is 15.1. The van der Waals surface area contributed by atoms with E-state index in [0.717, 1.165) is 22.8 Å². The highest BCUT2D eigenvalue weighted by atomic mass is 32.2. The highest BCUT2D eigenvalue weighted by molar-refractivity contribution is 7.89. The van der Waals surface area contributed by atoms with Crippen LogP contribution in [0.2, 0.25) is 0 Å². The van der Waals surface area contributed by atoms with Gasteiger partial charge in [0, 0.05) is 18.5 Å². The Morgan fingerprint density at radius 3 is 2.54 bits per heavy atom. The summed E-state index contributed by atoms with van der Waals surface area (Å²) in [5, 5.41) is 0.894. The van der Waals surface area contributed by atoms with Crippen LogP contribution in [0.4, 0.5) is 10.2 Å². The maximum Gasteiger partial charge on any atom is 0.243 e. The number of hydrogen-bond donors (Lipinski definition) is 1. The Kier molecular flexibility index (Phi) is 5.21. The summed E-state index contributed by atoms with van der Waals surface area (Å²) in [5.41, 5.74) is 0.721. The summed E-state index contributed by atoms with van der Waals surface area (Å²) in [5.74, 6) is 0.262. The summed E-state index contributed by atoms with van der Waals surface area (Å²) >= 11 is 0. The van der Waals surface area contributed by atoms with Crippen molar-refractivity contribution in [2.45, 2.75) is 11.4 Å². The van der Waals surface area contributed by atoms with Crippen LogP contribution in [-0.4, -0.2) is 44.7 Å². The van der Waals surface area contributed by atoms with Gasteiger partial charge in [-0.15, -0.1) is 0 Å². The van der Waals surface area contributed by atoms with Gasteiger partial charge in [0.1, 0.15) is 22.4 Å². The first-order chi connectivity index (χ1) is 13.5. The Balaban J connectivity index is 1.65. The average molecular weight is 402 g/mol. The van der Waals surface area contributed by atoms with Crippen molar-refractivity contribution in [3.63, 3.8) is 0 Å². The molecule has 3 aromatic rings. The van der Waals surface area contributed by atoms with Crippen molar-refractivity contribution >= 4 is 26.7 Å². The number of hydrogen-bond acceptors (Lipinski definition) is 6. The lowest BCUT2D eigenvalue weighted by molar-refractivity contribution is 0.122. The van der Waals surface area contributed by atoms with Crippen LogP contribution in [0.5, 0.6) is 0 Å². The van der Waals surface area contributed by atoms with Crippen molar-refractivity contribution in [2.75, 3.05) is 31.2 Å². The molecular weight excluding hydrogens is 383 g/mol. The van der Waals surface area contributed by atoms with Crippen molar-refractivity contribution in [1.29, 1.82) is 0 Å². The minimum absolute atomic E-state index is 0.140. The Bertz CT molecular complexity index is 1100. The van der Waals surface area contributed by atoms with E-state index in [2.05, 4.69) is 19.6 Å². The number of halogens is 1. The molecule has 4 rings (SSSR count). The quantitative estimate of drug-likeness (QED) is 0.704. The van der Waals surface area contributed by atoms with Crippen LogP contribution in [0, 0.1) is 5.82 Å². The monoisotopic (exact) mass is 402 g/mol. The van der Waals surface area contributed by atoms with Gasteiger partial charge in [0.15, 0.2) is 0 Å². The maximum absolute atomic E-state index is 13.9. The fraction of sp³-hybridized carbons (Fsp3) is 0.263. The van der Waals surface area contributed by atoms with Crippen LogP contribution in [0.15, 0.2) is 53.4 Å². The Morgan fingerprint density at radius 1 is 1.04 bits per heavy atom.